The van der Waals surface area contributed by atoms with Crippen molar-refractivity contribution in [1.82, 2.24) is 15.0 Å². The molecule has 0 bridgehead atoms. The number of anilines is 2. The highest BCUT2D eigenvalue weighted by molar-refractivity contribution is 7.17. The zero-order valence-corrected chi connectivity index (χ0v) is 10.4. The van der Waals surface area contributed by atoms with Crippen LogP contribution in [0.3, 0.4) is 0 Å². The maximum atomic E-state index is 5.08. The maximum Gasteiger partial charge on any atom is 0.214 e. The molecule has 0 amide bonds. The van der Waals surface area contributed by atoms with Gasteiger partial charge in [-0.05, 0) is 17.5 Å². The van der Waals surface area contributed by atoms with E-state index in [0.29, 0.717) is 5.88 Å². The smallest absolute Gasteiger partial charge is 0.214 e. The second-order valence-corrected chi connectivity index (χ2v) is 4.49. The largest absolute Gasteiger partial charge is 0.481 e. The summed E-state index contributed by atoms with van der Waals surface area (Å²) >= 11 is 1.61. The molecule has 3 aromatic rings. The predicted molar refractivity (Wildman–Crippen MR) is 71.5 cm³/mol. The van der Waals surface area contributed by atoms with Crippen molar-refractivity contribution in [1.29, 1.82) is 0 Å². The molecule has 0 unspecified atom stereocenters. The van der Waals surface area contributed by atoms with Crippen molar-refractivity contribution in [2.45, 2.75) is 0 Å². The van der Waals surface area contributed by atoms with Gasteiger partial charge in [0.05, 0.1) is 17.3 Å². The van der Waals surface area contributed by atoms with Crippen LogP contribution >= 0.6 is 11.3 Å². The molecule has 3 aromatic heterocycles. The van der Waals surface area contributed by atoms with Gasteiger partial charge in [0.25, 0.3) is 0 Å². The SMILES string of the molecule is COc1cc(Nc2ncnc3ccsc23)ccn1. The number of nitrogens with one attached hydrogen (secondary N) is 1. The lowest BCUT2D eigenvalue weighted by atomic mass is 10.4. The molecule has 0 fully saturated rings. The fourth-order valence-corrected chi connectivity index (χ4v) is 2.40. The van der Waals surface area contributed by atoms with E-state index in [1.165, 1.54) is 0 Å². The number of rotatable bonds is 3. The van der Waals surface area contributed by atoms with E-state index in [2.05, 4.69) is 20.3 Å². The second-order valence-electron chi connectivity index (χ2n) is 3.57. The molecule has 3 rings (SSSR count). The Morgan fingerprint density at radius 1 is 1.22 bits per heavy atom. The second kappa shape index (κ2) is 4.58. The van der Waals surface area contributed by atoms with Crippen molar-refractivity contribution >= 4 is 33.1 Å². The Morgan fingerprint density at radius 3 is 3.06 bits per heavy atom. The molecule has 6 heteroatoms. The van der Waals surface area contributed by atoms with E-state index in [1.807, 2.05) is 23.6 Å². The van der Waals surface area contributed by atoms with Gasteiger partial charge >= 0.3 is 0 Å². The molecule has 0 spiro atoms. The summed E-state index contributed by atoms with van der Waals surface area (Å²) in [7, 11) is 1.59. The van der Waals surface area contributed by atoms with E-state index >= 15 is 0 Å². The number of pyridine rings is 1. The Morgan fingerprint density at radius 2 is 2.17 bits per heavy atom. The highest BCUT2D eigenvalue weighted by Gasteiger charge is 2.05. The molecule has 0 atom stereocenters. The third-order valence-electron chi connectivity index (χ3n) is 2.45. The summed E-state index contributed by atoms with van der Waals surface area (Å²) in [6.07, 6.45) is 3.24. The predicted octanol–water partition coefficient (Wildman–Crippen LogP) is 2.84. The number of nitrogens with zero attached hydrogens (tertiary/aromatic N) is 3. The number of hydrogen-bond acceptors (Lipinski definition) is 6. The monoisotopic (exact) mass is 258 g/mol. The summed E-state index contributed by atoms with van der Waals surface area (Å²) in [5, 5.41) is 5.24. The van der Waals surface area contributed by atoms with Crippen molar-refractivity contribution < 1.29 is 4.74 Å². The number of aromatic nitrogens is 3. The third kappa shape index (κ3) is 1.98. The molecule has 0 radical (unpaired) electrons. The topological polar surface area (TPSA) is 59.9 Å². The van der Waals surface area contributed by atoms with Crippen molar-refractivity contribution in [3.63, 3.8) is 0 Å². The summed E-state index contributed by atoms with van der Waals surface area (Å²) in [5.74, 6) is 1.36. The number of ether oxygens (including phenoxy) is 1. The molecule has 0 aliphatic carbocycles. The van der Waals surface area contributed by atoms with Crippen LogP contribution in [0, 0.1) is 0 Å². The highest BCUT2D eigenvalue weighted by atomic mass is 32.1. The highest BCUT2D eigenvalue weighted by Crippen LogP contribution is 2.27. The minimum absolute atomic E-state index is 0.566. The molecule has 0 aliphatic rings. The lowest BCUT2D eigenvalue weighted by Gasteiger charge is -2.06. The van der Waals surface area contributed by atoms with Crippen LogP contribution in [0.2, 0.25) is 0 Å². The van der Waals surface area contributed by atoms with Crippen LogP contribution in [0.1, 0.15) is 0 Å². The van der Waals surface area contributed by atoms with Gasteiger partial charge in [0.2, 0.25) is 5.88 Å². The average Bonchev–Trinajstić information content (AvgIpc) is 2.88. The zero-order valence-electron chi connectivity index (χ0n) is 9.62. The third-order valence-corrected chi connectivity index (χ3v) is 3.36. The van der Waals surface area contributed by atoms with E-state index in [9.17, 15) is 0 Å². The standard InChI is InChI=1S/C12H10N4OS/c1-17-10-6-8(2-4-13-10)16-12-11-9(3-5-18-11)14-7-15-12/h2-7H,1H3,(H,13,14,15,16). The normalized spacial score (nSPS) is 10.5. The van der Waals surface area contributed by atoms with Crippen LogP contribution in [0.25, 0.3) is 10.2 Å². The molecule has 5 nitrogen and oxygen atoms in total. The van der Waals surface area contributed by atoms with Crippen molar-refractivity contribution in [2.24, 2.45) is 0 Å². The average molecular weight is 258 g/mol. The fraction of sp³-hybridized carbons (Fsp3) is 0.0833. The van der Waals surface area contributed by atoms with Crippen LogP contribution in [0.5, 0.6) is 5.88 Å². The van der Waals surface area contributed by atoms with E-state index < -0.39 is 0 Å². The summed E-state index contributed by atoms with van der Waals surface area (Å²) in [6, 6.07) is 5.66. The Kier molecular flexibility index (Phi) is 2.77. The minimum Gasteiger partial charge on any atom is -0.481 e. The Hall–Kier alpha value is -2.21. The van der Waals surface area contributed by atoms with Gasteiger partial charge < -0.3 is 10.1 Å². The molecule has 0 saturated carbocycles. The summed E-state index contributed by atoms with van der Waals surface area (Å²) in [5.41, 5.74) is 1.83. The van der Waals surface area contributed by atoms with Crippen LogP contribution in [-0.4, -0.2) is 22.1 Å². The van der Waals surface area contributed by atoms with Gasteiger partial charge in [-0.15, -0.1) is 11.3 Å². The van der Waals surface area contributed by atoms with Crippen molar-refractivity contribution in [2.75, 3.05) is 12.4 Å². The maximum absolute atomic E-state index is 5.08. The first-order chi connectivity index (χ1) is 8.86. The first-order valence-corrected chi connectivity index (χ1v) is 6.20. The number of thiophene rings is 1. The van der Waals surface area contributed by atoms with Crippen LogP contribution in [0.15, 0.2) is 36.1 Å². The number of fused-ring (bicyclic) bond motifs is 1. The summed E-state index contributed by atoms with van der Waals surface area (Å²) in [4.78, 5) is 12.5. The lowest BCUT2D eigenvalue weighted by Crippen LogP contribution is -1.95. The Balaban J connectivity index is 1.98. The molecule has 0 aromatic carbocycles. The van der Waals surface area contributed by atoms with Crippen molar-refractivity contribution in [3.8, 4) is 5.88 Å². The molecule has 3 heterocycles. The van der Waals surface area contributed by atoms with Gasteiger partial charge in [-0.2, -0.15) is 0 Å². The van der Waals surface area contributed by atoms with Crippen LogP contribution < -0.4 is 10.1 Å². The van der Waals surface area contributed by atoms with Gasteiger partial charge in [-0.25, -0.2) is 15.0 Å². The first-order valence-electron chi connectivity index (χ1n) is 5.32. The molecule has 90 valence electrons. The molecule has 18 heavy (non-hydrogen) atoms. The van der Waals surface area contributed by atoms with Gasteiger partial charge in [0.1, 0.15) is 6.33 Å². The molecule has 0 saturated heterocycles. The van der Waals surface area contributed by atoms with Gasteiger partial charge in [-0.1, -0.05) is 0 Å². The quantitative estimate of drug-likeness (QED) is 0.782. The fourth-order valence-electron chi connectivity index (χ4n) is 1.61. The summed E-state index contributed by atoms with van der Waals surface area (Å²) in [6.45, 7) is 0. The van der Waals surface area contributed by atoms with Gasteiger partial charge in [0.15, 0.2) is 5.82 Å². The summed E-state index contributed by atoms with van der Waals surface area (Å²) < 4.78 is 6.12. The lowest BCUT2D eigenvalue weighted by molar-refractivity contribution is 0.398. The van der Waals surface area contributed by atoms with E-state index in [4.69, 9.17) is 4.74 Å². The van der Waals surface area contributed by atoms with E-state index in [-0.39, 0.29) is 0 Å². The van der Waals surface area contributed by atoms with Gasteiger partial charge in [-0.3, -0.25) is 0 Å². The van der Waals surface area contributed by atoms with Crippen LogP contribution in [0.4, 0.5) is 11.5 Å². The van der Waals surface area contributed by atoms with Crippen molar-refractivity contribution in [3.05, 3.63) is 36.1 Å². The molecular weight excluding hydrogens is 248 g/mol. The van der Waals surface area contributed by atoms with Crippen LogP contribution in [-0.2, 0) is 0 Å². The van der Waals surface area contributed by atoms with E-state index in [0.717, 1.165) is 21.7 Å². The number of hydrogen-bond donors (Lipinski definition) is 1. The molecule has 0 aliphatic heterocycles. The number of methoxy groups -OCH3 is 1. The molecule has 1 N–H and O–H groups in total. The minimum atomic E-state index is 0.566. The van der Waals surface area contributed by atoms with Gasteiger partial charge in [0, 0.05) is 18.0 Å². The Bertz CT molecular complexity index is 682. The van der Waals surface area contributed by atoms with E-state index in [1.54, 1.807) is 31.0 Å². The molecular formula is C12H10N4OS. The zero-order chi connectivity index (χ0) is 12.4. The first kappa shape index (κ1) is 10.9. The Labute approximate surface area is 107 Å².